The highest BCUT2D eigenvalue weighted by Gasteiger charge is 2.33. The Morgan fingerprint density at radius 3 is 2.79 bits per heavy atom. The lowest BCUT2D eigenvalue weighted by atomic mass is 9.89. The van der Waals surface area contributed by atoms with Gasteiger partial charge in [0.25, 0.3) is 0 Å². The van der Waals surface area contributed by atoms with E-state index < -0.39 is 0 Å². The Kier molecular flexibility index (Phi) is 4.04. The highest BCUT2D eigenvalue weighted by atomic mass is 19.1. The highest BCUT2D eigenvalue weighted by molar-refractivity contribution is 5.72. The van der Waals surface area contributed by atoms with Crippen molar-refractivity contribution in [2.75, 3.05) is 19.6 Å². The van der Waals surface area contributed by atoms with E-state index in [1.54, 1.807) is 6.07 Å². The van der Waals surface area contributed by atoms with Gasteiger partial charge in [-0.3, -0.25) is 4.90 Å². The second kappa shape index (κ2) is 6.34. The third-order valence-electron chi connectivity index (χ3n) is 4.80. The predicted octanol–water partition coefficient (Wildman–Crippen LogP) is 3.14. The van der Waals surface area contributed by atoms with Gasteiger partial charge in [0.2, 0.25) is 5.89 Å². The maximum absolute atomic E-state index is 13.3. The molecule has 0 spiro atoms. The molecule has 1 aliphatic heterocycles. The summed E-state index contributed by atoms with van der Waals surface area (Å²) in [6.45, 7) is 3.13. The van der Waals surface area contributed by atoms with Gasteiger partial charge in [0.05, 0.1) is 6.54 Å². The molecule has 24 heavy (non-hydrogen) atoms. The zero-order valence-electron chi connectivity index (χ0n) is 13.4. The van der Waals surface area contributed by atoms with Crippen LogP contribution in [-0.2, 0) is 6.54 Å². The minimum absolute atomic E-state index is 0.296. The van der Waals surface area contributed by atoms with Gasteiger partial charge in [0, 0.05) is 25.1 Å². The monoisotopic (exact) mass is 325 g/mol. The van der Waals surface area contributed by atoms with Crippen LogP contribution in [-0.4, -0.2) is 29.5 Å². The second-order valence-electron chi connectivity index (χ2n) is 6.43. The Bertz CT molecular complexity index is 833. The van der Waals surface area contributed by atoms with Gasteiger partial charge in [-0.1, -0.05) is 30.3 Å². The van der Waals surface area contributed by atoms with Crippen LogP contribution in [0.15, 0.2) is 52.9 Å². The first-order valence-electron chi connectivity index (χ1n) is 8.25. The molecule has 2 N–H and O–H groups in total. The molecule has 1 fully saturated rings. The molecular weight excluding hydrogens is 305 g/mol. The fourth-order valence-electron chi connectivity index (χ4n) is 3.61. The Morgan fingerprint density at radius 2 is 2.00 bits per heavy atom. The molecule has 0 aliphatic carbocycles. The number of hydrogen-bond acceptors (Lipinski definition) is 4. The van der Waals surface area contributed by atoms with Crippen molar-refractivity contribution < 1.29 is 8.81 Å². The topological polar surface area (TPSA) is 55.3 Å². The van der Waals surface area contributed by atoms with Gasteiger partial charge >= 0.3 is 0 Å². The molecule has 0 unspecified atom stereocenters. The van der Waals surface area contributed by atoms with Crippen molar-refractivity contribution in [1.29, 1.82) is 0 Å². The average Bonchev–Trinajstić information content (AvgIpc) is 3.18. The summed E-state index contributed by atoms with van der Waals surface area (Å²) in [4.78, 5) is 6.72. The summed E-state index contributed by atoms with van der Waals surface area (Å²) >= 11 is 0. The number of nitrogens with zero attached hydrogens (tertiary/aromatic N) is 2. The summed E-state index contributed by atoms with van der Waals surface area (Å²) in [6, 6.07) is 14.9. The van der Waals surface area contributed by atoms with E-state index in [0.717, 1.165) is 13.1 Å². The molecule has 2 aromatic carbocycles. The lowest BCUT2D eigenvalue weighted by molar-refractivity contribution is 0.284. The number of hydrogen-bond donors (Lipinski definition) is 1. The summed E-state index contributed by atoms with van der Waals surface area (Å²) in [5.74, 6) is 1.18. The minimum atomic E-state index is -0.296. The molecule has 1 aromatic heterocycles. The van der Waals surface area contributed by atoms with E-state index in [-0.39, 0.29) is 5.82 Å². The molecular formula is C19H20FN3O. The van der Waals surface area contributed by atoms with Crippen molar-refractivity contribution in [3.8, 4) is 0 Å². The molecule has 4 rings (SSSR count). The van der Waals surface area contributed by atoms with Gasteiger partial charge in [0.15, 0.2) is 5.58 Å². The van der Waals surface area contributed by atoms with E-state index in [4.69, 9.17) is 10.2 Å². The molecule has 1 aliphatic rings. The number of fused-ring (bicyclic) bond motifs is 1. The lowest BCUT2D eigenvalue weighted by Gasteiger charge is -2.16. The van der Waals surface area contributed by atoms with Crippen LogP contribution in [0.4, 0.5) is 4.39 Å². The maximum atomic E-state index is 13.3. The largest absolute Gasteiger partial charge is 0.439 e. The number of oxazole rings is 1. The van der Waals surface area contributed by atoms with E-state index in [2.05, 4.69) is 34.1 Å². The molecule has 1 saturated heterocycles. The van der Waals surface area contributed by atoms with Gasteiger partial charge in [-0.25, -0.2) is 9.37 Å². The van der Waals surface area contributed by atoms with Crippen LogP contribution in [0, 0.1) is 11.7 Å². The number of likely N-dealkylation sites (tertiary alicyclic amines) is 1. The molecule has 0 amide bonds. The van der Waals surface area contributed by atoms with Crippen LogP contribution in [0.3, 0.4) is 0 Å². The van der Waals surface area contributed by atoms with Gasteiger partial charge in [-0.15, -0.1) is 0 Å². The number of benzene rings is 2. The van der Waals surface area contributed by atoms with E-state index in [0.29, 0.717) is 41.9 Å². The fourth-order valence-corrected chi connectivity index (χ4v) is 3.61. The zero-order valence-corrected chi connectivity index (χ0v) is 13.4. The van der Waals surface area contributed by atoms with Gasteiger partial charge in [-0.2, -0.15) is 0 Å². The average molecular weight is 325 g/mol. The van der Waals surface area contributed by atoms with Gasteiger partial charge in [-0.05, 0) is 30.2 Å². The molecule has 5 heteroatoms. The molecule has 0 saturated carbocycles. The van der Waals surface area contributed by atoms with Crippen LogP contribution < -0.4 is 5.73 Å². The summed E-state index contributed by atoms with van der Waals surface area (Å²) in [5, 5.41) is 0. The van der Waals surface area contributed by atoms with E-state index >= 15 is 0 Å². The first-order chi connectivity index (χ1) is 11.7. The first-order valence-corrected chi connectivity index (χ1v) is 8.25. The Balaban J connectivity index is 1.52. The molecule has 0 radical (unpaired) electrons. The van der Waals surface area contributed by atoms with E-state index in [9.17, 15) is 4.39 Å². The quantitative estimate of drug-likeness (QED) is 0.801. The smallest absolute Gasteiger partial charge is 0.209 e. The first kappa shape index (κ1) is 15.3. The number of aromatic nitrogens is 1. The van der Waals surface area contributed by atoms with Gasteiger partial charge < -0.3 is 10.2 Å². The van der Waals surface area contributed by atoms with Crippen molar-refractivity contribution >= 4 is 11.1 Å². The molecule has 124 valence electrons. The summed E-state index contributed by atoms with van der Waals surface area (Å²) in [5.41, 5.74) is 8.51. The van der Waals surface area contributed by atoms with Crippen LogP contribution >= 0.6 is 0 Å². The summed E-state index contributed by atoms with van der Waals surface area (Å²) in [6.07, 6.45) is 0. The molecule has 4 nitrogen and oxygen atoms in total. The number of nitrogens with two attached hydrogens (primary N) is 1. The maximum Gasteiger partial charge on any atom is 0.209 e. The van der Waals surface area contributed by atoms with Crippen molar-refractivity contribution in [2.45, 2.75) is 12.5 Å². The fraction of sp³-hybridized carbons (Fsp3) is 0.316. The van der Waals surface area contributed by atoms with Crippen LogP contribution in [0.2, 0.25) is 0 Å². The Morgan fingerprint density at radius 1 is 1.17 bits per heavy atom. The van der Waals surface area contributed by atoms with Crippen LogP contribution in [0.25, 0.3) is 11.1 Å². The zero-order chi connectivity index (χ0) is 16.5. The standard InChI is InChI=1S/C19H20FN3O/c20-15-6-7-18-17(8-15)22-19(24-18)12-23-10-14(9-21)16(11-23)13-4-2-1-3-5-13/h1-8,14,16H,9-12,21H2/t14-,16+/m1/s1. The van der Waals surface area contributed by atoms with Crippen molar-refractivity contribution in [2.24, 2.45) is 11.7 Å². The normalized spacial score (nSPS) is 21.6. The molecule has 3 aromatic rings. The second-order valence-corrected chi connectivity index (χ2v) is 6.43. The number of rotatable bonds is 4. The number of halogens is 1. The van der Waals surface area contributed by atoms with Crippen molar-refractivity contribution in [3.63, 3.8) is 0 Å². The van der Waals surface area contributed by atoms with Crippen molar-refractivity contribution in [3.05, 3.63) is 65.8 Å². The van der Waals surface area contributed by atoms with E-state index in [1.807, 2.05) is 6.07 Å². The Hall–Kier alpha value is -2.24. The molecule has 0 bridgehead atoms. The summed E-state index contributed by atoms with van der Waals surface area (Å²) in [7, 11) is 0. The molecule has 2 atom stereocenters. The highest BCUT2D eigenvalue weighted by Crippen LogP contribution is 2.33. The third kappa shape index (κ3) is 2.92. The SMILES string of the molecule is NC[C@@H]1CN(Cc2nc3cc(F)ccc3o2)C[C@H]1c1ccccc1. The van der Waals surface area contributed by atoms with Crippen LogP contribution in [0.5, 0.6) is 0 Å². The van der Waals surface area contributed by atoms with Crippen molar-refractivity contribution in [1.82, 2.24) is 9.88 Å². The minimum Gasteiger partial charge on any atom is -0.439 e. The van der Waals surface area contributed by atoms with Gasteiger partial charge in [0.1, 0.15) is 11.3 Å². The predicted molar refractivity (Wildman–Crippen MR) is 91.0 cm³/mol. The van der Waals surface area contributed by atoms with E-state index in [1.165, 1.54) is 17.7 Å². The summed E-state index contributed by atoms with van der Waals surface area (Å²) < 4.78 is 19.0. The Labute approximate surface area is 140 Å². The third-order valence-corrected chi connectivity index (χ3v) is 4.80. The molecule has 2 heterocycles. The van der Waals surface area contributed by atoms with Crippen LogP contribution in [0.1, 0.15) is 17.4 Å². The lowest BCUT2D eigenvalue weighted by Crippen LogP contribution is -2.23.